The molecule has 0 aliphatic heterocycles. The minimum atomic E-state index is -1.01. The molecule has 0 saturated heterocycles. The van der Waals surface area contributed by atoms with Crippen molar-refractivity contribution >= 4 is 6.09 Å². The van der Waals surface area contributed by atoms with Crippen molar-refractivity contribution in [3.63, 3.8) is 0 Å². The van der Waals surface area contributed by atoms with Crippen molar-refractivity contribution in [1.82, 2.24) is 15.5 Å². The highest BCUT2D eigenvalue weighted by atomic mass is 16.5. The van der Waals surface area contributed by atoms with E-state index >= 15 is 0 Å². The molecule has 0 fully saturated rings. The van der Waals surface area contributed by atoms with Gasteiger partial charge < -0.3 is 14.9 Å². The summed E-state index contributed by atoms with van der Waals surface area (Å²) in [5.74, 6) is 1.13. The van der Waals surface area contributed by atoms with Crippen molar-refractivity contribution in [1.29, 1.82) is 0 Å². The van der Waals surface area contributed by atoms with E-state index in [0.717, 1.165) is 12.0 Å². The van der Waals surface area contributed by atoms with Gasteiger partial charge in [0.2, 0.25) is 11.7 Å². The topological polar surface area (TPSA) is 88.2 Å². The molecule has 28 heavy (non-hydrogen) atoms. The number of carboxylic acid groups (broad SMARTS) is 1. The number of hydrogen-bond donors (Lipinski definition) is 2. The molecule has 154 valence electrons. The number of rotatable bonds is 14. The quantitative estimate of drug-likeness (QED) is 0.411. The number of nitrogens with one attached hydrogen (secondary N) is 1. The van der Waals surface area contributed by atoms with Crippen LogP contribution in [0, 0.1) is 0 Å². The standard InChI is InChI=1S/C22H33N3O3/c1-2-3-4-5-6-7-8-9-12-18-13-10-14-19(17-18)21-24-20(28-25-21)15-11-16-23-22(26)27/h10,13-14,17,23H,2-9,11-12,15-16H2,1H3,(H,26,27). The summed E-state index contributed by atoms with van der Waals surface area (Å²) in [6.07, 6.45) is 11.9. The molecule has 2 N–H and O–H groups in total. The van der Waals surface area contributed by atoms with Crippen LogP contribution in [0.25, 0.3) is 11.4 Å². The van der Waals surface area contributed by atoms with Crippen LogP contribution in [0.3, 0.4) is 0 Å². The van der Waals surface area contributed by atoms with E-state index in [1.807, 2.05) is 12.1 Å². The molecule has 0 atom stereocenters. The Morgan fingerprint density at radius 2 is 1.79 bits per heavy atom. The lowest BCUT2D eigenvalue weighted by Gasteiger charge is -2.04. The van der Waals surface area contributed by atoms with Crippen molar-refractivity contribution in [3.8, 4) is 11.4 Å². The minimum Gasteiger partial charge on any atom is -0.465 e. The number of unbranched alkanes of at least 4 members (excludes halogenated alkanes) is 7. The van der Waals surface area contributed by atoms with E-state index in [2.05, 4.69) is 34.5 Å². The van der Waals surface area contributed by atoms with Crippen LogP contribution in [-0.2, 0) is 12.8 Å². The zero-order valence-corrected chi connectivity index (χ0v) is 17.0. The van der Waals surface area contributed by atoms with Crippen molar-refractivity contribution in [2.24, 2.45) is 0 Å². The predicted octanol–water partition coefficient (Wildman–Crippen LogP) is 5.62. The smallest absolute Gasteiger partial charge is 0.404 e. The Balaban J connectivity index is 1.73. The van der Waals surface area contributed by atoms with Crippen molar-refractivity contribution in [2.45, 2.75) is 77.6 Å². The molecule has 1 heterocycles. The molecule has 1 aromatic heterocycles. The number of benzene rings is 1. The normalized spacial score (nSPS) is 10.9. The third-order valence-electron chi connectivity index (χ3n) is 4.82. The third kappa shape index (κ3) is 8.55. The molecule has 1 aromatic carbocycles. The van der Waals surface area contributed by atoms with E-state index in [4.69, 9.17) is 9.63 Å². The van der Waals surface area contributed by atoms with Crippen LogP contribution in [0.5, 0.6) is 0 Å². The van der Waals surface area contributed by atoms with Gasteiger partial charge in [-0.25, -0.2) is 4.79 Å². The molecule has 0 spiro atoms. The van der Waals surface area contributed by atoms with Crippen LogP contribution >= 0.6 is 0 Å². The zero-order chi connectivity index (χ0) is 20.0. The van der Waals surface area contributed by atoms with Gasteiger partial charge >= 0.3 is 6.09 Å². The van der Waals surface area contributed by atoms with E-state index in [9.17, 15) is 4.79 Å². The van der Waals surface area contributed by atoms with Gasteiger partial charge in [-0.15, -0.1) is 0 Å². The predicted molar refractivity (Wildman–Crippen MR) is 110 cm³/mol. The molecule has 6 heteroatoms. The fraction of sp³-hybridized carbons (Fsp3) is 0.591. The number of carbonyl (C=O) groups is 1. The Morgan fingerprint density at radius 3 is 2.54 bits per heavy atom. The molecule has 0 radical (unpaired) electrons. The maximum absolute atomic E-state index is 10.4. The number of amides is 1. The van der Waals surface area contributed by atoms with Crippen molar-refractivity contribution in [3.05, 3.63) is 35.7 Å². The average Bonchev–Trinajstić information content (AvgIpc) is 3.16. The van der Waals surface area contributed by atoms with E-state index in [-0.39, 0.29) is 0 Å². The Bertz CT molecular complexity index is 700. The second kappa shape index (κ2) is 12.9. The summed E-state index contributed by atoms with van der Waals surface area (Å²) in [6, 6.07) is 8.34. The Labute approximate surface area is 167 Å². The minimum absolute atomic E-state index is 0.376. The van der Waals surface area contributed by atoms with Gasteiger partial charge in [0.1, 0.15) is 0 Å². The molecule has 0 aliphatic carbocycles. The second-order valence-corrected chi connectivity index (χ2v) is 7.27. The van der Waals surface area contributed by atoms with Gasteiger partial charge in [-0.1, -0.05) is 75.2 Å². The molecular formula is C22H33N3O3. The summed E-state index contributed by atoms with van der Waals surface area (Å²) >= 11 is 0. The Hall–Kier alpha value is -2.37. The lowest BCUT2D eigenvalue weighted by molar-refractivity contribution is 0.194. The van der Waals surface area contributed by atoms with Crippen LogP contribution in [-0.4, -0.2) is 27.9 Å². The van der Waals surface area contributed by atoms with Crippen molar-refractivity contribution in [2.75, 3.05) is 6.54 Å². The van der Waals surface area contributed by atoms with E-state index < -0.39 is 6.09 Å². The average molecular weight is 388 g/mol. The highest BCUT2D eigenvalue weighted by molar-refractivity contribution is 5.64. The Kier molecular flexibility index (Phi) is 10.1. The monoisotopic (exact) mass is 387 g/mol. The van der Waals surface area contributed by atoms with Gasteiger partial charge in [0.05, 0.1) is 0 Å². The number of hydrogen-bond acceptors (Lipinski definition) is 4. The van der Waals surface area contributed by atoms with Crippen molar-refractivity contribution < 1.29 is 14.4 Å². The molecule has 6 nitrogen and oxygen atoms in total. The summed E-state index contributed by atoms with van der Waals surface area (Å²) in [4.78, 5) is 14.9. The second-order valence-electron chi connectivity index (χ2n) is 7.27. The maximum atomic E-state index is 10.4. The van der Waals surface area contributed by atoms with Gasteiger partial charge in [0, 0.05) is 18.5 Å². The SMILES string of the molecule is CCCCCCCCCCc1cccc(-c2noc(CCCNC(=O)O)n2)c1. The maximum Gasteiger partial charge on any atom is 0.404 e. The van der Waals surface area contributed by atoms with Crippen LogP contribution in [0.1, 0.15) is 76.2 Å². The molecule has 1 amide bonds. The van der Waals surface area contributed by atoms with Gasteiger partial charge in [0.25, 0.3) is 0 Å². The lowest BCUT2D eigenvalue weighted by atomic mass is 10.0. The summed E-state index contributed by atoms with van der Waals surface area (Å²) in [5.41, 5.74) is 2.27. The first kappa shape index (κ1) is 21.9. The largest absolute Gasteiger partial charge is 0.465 e. The fourth-order valence-corrected chi connectivity index (χ4v) is 3.24. The van der Waals surface area contributed by atoms with E-state index in [1.54, 1.807) is 0 Å². The third-order valence-corrected chi connectivity index (χ3v) is 4.82. The molecule has 2 rings (SSSR count). The highest BCUT2D eigenvalue weighted by Crippen LogP contribution is 2.19. The molecular weight excluding hydrogens is 354 g/mol. The zero-order valence-electron chi connectivity index (χ0n) is 17.0. The fourth-order valence-electron chi connectivity index (χ4n) is 3.24. The number of aromatic nitrogens is 2. The first-order chi connectivity index (χ1) is 13.7. The summed E-state index contributed by atoms with van der Waals surface area (Å²) in [6.45, 7) is 2.63. The number of aryl methyl sites for hydroxylation is 2. The van der Waals surface area contributed by atoms with E-state index in [0.29, 0.717) is 31.1 Å². The first-order valence-electron chi connectivity index (χ1n) is 10.6. The van der Waals surface area contributed by atoms with Gasteiger partial charge in [0.15, 0.2) is 0 Å². The summed E-state index contributed by atoms with van der Waals surface area (Å²) in [5, 5.41) is 15.0. The summed E-state index contributed by atoms with van der Waals surface area (Å²) < 4.78 is 5.28. The number of nitrogens with zero attached hydrogens (tertiary/aromatic N) is 2. The summed E-state index contributed by atoms with van der Waals surface area (Å²) in [7, 11) is 0. The van der Waals surface area contributed by atoms with Crippen LogP contribution < -0.4 is 5.32 Å². The van der Waals surface area contributed by atoms with Crippen LogP contribution in [0.4, 0.5) is 4.79 Å². The Morgan fingerprint density at radius 1 is 1.04 bits per heavy atom. The van der Waals surface area contributed by atoms with Crippen LogP contribution in [0.15, 0.2) is 28.8 Å². The molecule has 0 aliphatic rings. The highest BCUT2D eigenvalue weighted by Gasteiger charge is 2.09. The van der Waals surface area contributed by atoms with Gasteiger partial charge in [-0.2, -0.15) is 4.98 Å². The van der Waals surface area contributed by atoms with Gasteiger partial charge in [-0.3, -0.25) is 0 Å². The molecule has 0 bridgehead atoms. The first-order valence-corrected chi connectivity index (χ1v) is 10.6. The molecule has 2 aromatic rings. The van der Waals surface area contributed by atoms with E-state index in [1.165, 1.54) is 56.9 Å². The molecule has 0 unspecified atom stereocenters. The lowest BCUT2D eigenvalue weighted by Crippen LogP contribution is -2.22. The van der Waals surface area contributed by atoms with Gasteiger partial charge in [-0.05, 0) is 30.9 Å². The van der Waals surface area contributed by atoms with Crippen LogP contribution in [0.2, 0.25) is 0 Å². The molecule has 0 saturated carbocycles.